The lowest BCUT2D eigenvalue weighted by atomic mass is 10.2. The molecule has 2 N–H and O–H groups in total. The standard InChI is InChI=1S/C19H32N4O2/c1-2-6-17(5-1)22-19(21-10-8-18-7-3-14-25-18)20-9-4-11-23-12-15-24-16-13-23/h3,7,14,17H,1-2,4-6,8-13,15-16H2,(H2,20,21,22). The van der Waals surface area contributed by atoms with E-state index in [0.717, 1.165) is 70.5 Å². The van der Waals surface area contributed by atoms with Crippen LogP contribution in [-0.2, 0) is 11.2 Å². The topological polar surface area (TPSA) is 62.0 Å². The van der Waals surface area contributed by atoms with Crippen LogP contribution in [0, 0.1) is 0 Å². The smallest absolute Gasteiger partial charge is 0.191 e. The van der Waals surface area contributed by atoms with Crippen molar-refractivity contribution >= 4 is 5.96 Å². The van der Waals surface area contributed by atoms with Crippen molar-refractivity contribution in [1.82, 2.24) is 15.5 Å². The average molecular weight is 348 g/mol. The van der Waals surface area contributed by atoms with Gasteiger partial charge in [-0.2, -0.15) is 0 Å². The van der Waals surface area contributed by atoms with Gasteiger partial charge in [0.25, 0.3) is 0 Å². The summed E-state index contributed by atoms with van der Waals surface area (Å²) in [6.45, 7) is 6.65. The first-order valence-electron chi connectivity index (χ1n) is 9.77. The highest BCUT2D eigenvalue weighted by molar-refractivity contribution is 5.80. The molecule has 1 aromatic heterocycles. The van der Waals surface area contributed by atoms with E-state index in [4.69, 9.17) is 14.1 Å². The first kappa shape index (κ1) is 18.3. The summed E-state index contributed by atoms with van der Waals surface area (Å²) in [6.07, 6.45) is 8.87. The fourth-order valence-corrected chi connectivity index (χ4v) is 3.48. The molecule has 0 amide bonds. The van der Waals surface area contributed by atoms with Crippen LogP contribution in [0.3, 0.4) is 0 Å². The Morgan fingerprint density at radius 3 is 2.84 bits per heavy atom. The van der Waals surface area contributed by atoms with Crippen molar-refractivity contribution in [3.05, 3.63) is 24.2 Å². The monoisotopic (exact) mass is 348 g/mol. The molecule has 1 aliphatic heterocycles. The van der Waals surface area contributed by atoms with E-state index >= 15 is 0 Å². The minimum absolute atomic E-state index is 0.578. The largest absolute Gasteiger partial charge is 0.469 e. The van der Waals surface area contributed by atoms with Gasteiger partial charge in [0.05, 0.1) is 19.5 Å². The molecule has 0 bridgehead atoms. The molecule has 2 heterocycles. The van der Waals surface area contributed by atoms with Gasteiger partial charge in [-0.05, 0) is 31.4 Å². The molecule has 0 aromatic carbocycles. The number of rotatable bonds is 8. The lowest BCUT2D eigenvalue weighted by Crippen LogP contribution is -2.43. The highest BCUT2D eigenvalue weighted by Crippen LogP contribution is 2.17. The zero-order valence-electron chi connectivity index (χ0n) is 15.2. The molecule has 3 rings (SSSR count). The Morgan fingerprint density at radius 1 is 1.24 bits per heavy atom. The van der Waals surface area contributed by atoms with Gasteiger partial charge in [0, 0.05) is 45.2 Å². The predicted molar refractivity (Wildman–Crippen MR) is 100.0 cm³/mol. The summed E-state index contributed by atoms with van der Waals surface area (Å²) in [5.41, 5.74) is 0. The van der Waals surface area contributed by atoms with Crippen molar-refractivity contribution < 1.29 is 9.15 Å². The first-order valence-corrected chi connectivity index (χ1v) is 9.77. The Labute approximate surface area is 151 Å². The summed E-state index contributed by atoms with van der Waals surface area (Å²) >= 11 is 0. The third kappa shape index (κ3) is 6.71. The van der Waals surface area contributed by atoms with Crippen molar-refractivity contribution in [1.29, 1.82) is 0 Å². The molecule has 1 aromatic rings. The van der Waals surface area contributed by atoms with Crippen LogP contribution < -0.4 is 10.6 Å². The van der Waals surface area contributed by atoms with E-state index in [-0.39, 0.29) is 0 Å². The van der Waals surface area contributed by atoms with Gasteiger partial charge in [-0.15, -0.1) is 0 Å². The maximum Gasteiger partial charge on any atom is 0.191 e. The molecule has 0 atom stereocenters. The maximum absolute atomic E-state index is 5.40. The fraction of sp³-hybridized carbons (Fsp3) is 0.737. The van der Waals surface area contributed by atoms with Crippen LogP contribution in [-0.4, -0.2) is 62.8 Å². The summed E-state index contributed by atoms with van der Waals surface area (Å²) < 4.78 is 10.8. The number of guanidine groups is 1. The number of nitrogens with one attached hydrogen (secondary N) is 2. The number of nitrogens with zero attached hydrogens (tertiary/aromatic N) is 2. The van der Waals surface area contributed by atoms with Crippen LogP contribution in [0.2, 0.25) is 0 Å². The molecule has 1 saturated carbocycles. The van der Waals surface area contributed by atoms with Crippen LogP contribution in [0.4, 0.5) is 0 Å². The Bertz CT molecular complexity index is 492. The molecule has 0 spiro atoms. The quantitative estimate of drug-likeness (QED) is 0.428. The summed E-state index contributed by atoms with van der Waals surface area (Å²) in [5.74, 6) is 1.97. The van der Waals surface area contributed by atoms with Crippen LogP contribution in [0.15, 0.2) is 27.8 Å². The normalized spacial score (nSPS) is 20.1. The van der Waals surface area contributed by atoms with Gasteiger partial charge in [0.2, 0.25) is 0 Å². The summed E-state index contributed by atoms with van der Waals surface area (Å²) in [5, 5.41) is 7.08. The van der Waals surface area contributed by atoms with Gasteiger partial charge in [0.15, 0.2) is 5.96 Å². The molecule has 2 fully saturated rings. The van der Waals surface area contributed by atoms with Gasteiger partial charge in [-0.25, -0.2) is 0 Å². The Kier molecular flexibility index (Phi) is 7.64. The molecule has 25 heavy (non-hydrogen) atoms. The number of hydrogen-bond donors (Lipinski definition) is 2. The van der Waals surface area contributed by atoms with Gasteiger partial charge < -0.3 is 19.8 Å². The summed E-state index contributed by atoms with van der Waals surface area (Å²) in [7, 11) is 0. The zero-order valence-corrected chi connectivity index (χ0v) is 15.2. The van der Waals surface area contributed by atoms with E-state index in [1.165, 1.54) is 25.7 Å². The summed E-state index contributed by atoms with van der Waals surface area (Å²) in [4.78, 5) is 7.26. The van der Waals surface area contributed by atoms with Crippen LogP contribution >= 0.6 is 0 Å². The van der Waals surface area contributed by atoms with Gasteiger partial charge in [-0.3, -0.25) is 9.89 Å². The minimum Gasteiger partial charge on any atom is -0.469 e. The van der Waals surface area contributed by atoms with E-state index in [1.54, 1.807) is 6.26 Å². The Morgan fingerprint density at radius 2 is 2.08 bits per heavy atom. The second kappa shape index (κ2) is 10.5. The second-order valence-corrected chi connectivity index (χ2v) is 6.92. The third-order valence-corrected chi connectivity index (χ3v) is 4.95. The van der Waals surface area contributed by atoms with Crippen molar-refractivity contribution in [3.8, 4) is 0 Å². The lowest BCUT2D eigenvalue weighted by molar-refractivity contribution is 0.0377. The molecule has 6 heteroatoms. The summed E-state index contributed by atoms with van der Waals surface area (Å²) in [6, 6.07) is 4.53. The molecule has 6 nitrogen and oxygen atoms in total. The lowest BCUT2D eigenvalue weighted by Gasteiger charge is -2.26. The van der Waals surface area contributed by atoms with Crippen molar-refractivity contribution in [2.75, 3.05) is 45.9 Å². The SMILES string of the molecule is c1coc(CCNC(=NCCCN2CCOCC2)NC2CCCC2)c1. The highest BCUT2D eigenvalue weighted by atomic mass is 16.5. The van der Waals surface area contributed by atoms with Crippen LogP contribution in [0.5, 0.6) is 0 Å². The van der Waals surface area contributed by atoms with Crippen molar-refractivity contribution in [2.24, 2.45) is 4.99 Å². The molecule has 1 aliphatic carbocycles. The Balaban J connectivity index is 1.40. The van der Waals surface area contributed by atoms with Gasteiger partial charge in [-0.1, -0.05) is 12.8 Å². The van der Waals surface area contributed by atoms with Crippen molar-refractivity contribution in [3.63, 3.8) is 0 Å². The number of hydrogen-bond acceptors (Lipinski definition) is 4. The fourth-order valence-electron chi connectivity index (χ4n) is 3.48. The van der Waals surface area contributed by atoms with Crippen LogP contribution in [0.25, 0.3) is 0 Å². The maximum atomic E-state index is 5.40. The third-order valence-electron chi connectivity index (χ3n) is 4.95. The predicted octanol–water partition coefficient (Wildman–Crippen LogP) is 2.02. The molecular formula is C19H32N4O2. The molecule has 0 radical (unpaired) electrons. The number of ether oxygens (including phenoxy) is 1. The average Bonchev–Trinajstić information content (AvgIpc) is 3.33. The minimum atomic E-state index is 0.578. The van der Waals surface area contributed by atoms with Crippen LogP contribution in [0.1, 0.15) is 37.9 Å². The Hall–Kier alpha value is -1.53. The van der Waals surface area contributed by atoms with E-state index in [2.05, 4.69) is 15.5 Å². The first-order chi connectivity index (χ1) is 12.4. The van der Waals surface area contributed by atoms with E-state index < -0.39 is 0 Å². The molecule has 0 unspecified atom stereocenters. The van der Waals surface area contributed by atoms with Crippen molar-refractivity contribution in [2.45, 2.75) is 44.6 Å². The zero-order chi connectivity index (χ0) is 17.2. The number of aliphatic imine (C=N–C) groups is 1. The molecule has 140 valence electrons. The van der Waals surface area contributed by atoms with E-state index in [0.29, 0.717) is 6.04 Å². The van der Waals surface area contributed by atoms with E-state index in [1.807, 2.05) is 12.1 Å². The van der Waals surface area contributed by atoms with Gasteiger partial charge >= 0.3 is 0 Å². The molecule has 1 saturated heterocycles. The van der Waals surface area contributed by atoms with Gasteiger partial charge in [0.1, 0.15) is 5.76 Å². The highest BCUT2D eigenvalue weighted by Gasteiger charge is 2.16. The second-order valence-electron chi connectivity index (χ2n) is 6.92. The number of morpholine rings is 1. The number of furan rings is 1. The molecular weight excluding hydrogens is 316 g/mol. The molecule has 2 aliphatic rings. The van der Waals surface area contributed by atoms with E-state index in [9.17, 15) is 0 Å².